The van der Waals surface area contributed by atoms with Crippen LogP contribution in [-0.4, -0.2) is 30.9 Å². The summed E-state index contributed by atoms with van der Waals surface area (Å²) >= 11 is 0. The molecule has 9 heavy (non-hydrogen) atoms. The maximum absolute atomic E-state index is 4.08. The minimum atomic E-state index is 0. The molecule has 0 fully saturated rings. The van der Waals surface area contributed by atoms with Crippen molar-refractivity contribution in [2.75, 3.05) is 19.6 Å². The third-order valence-electron chi connectivity index (χ3n) is 1.27. The van der Waals surface area contributed by atoms with E-state index in [4.69, 9.17) is 0 Å². The summed E-state index contributed by atoms with van der Waals surface area (Å²) in [6.07, 6.45) is 3.18. The van der Waals surface area contributed by atoms with E-state index < -0.39 is 0 Å². The van der Waals surface area contributed by atoms with E-state index in [9.17, 15) is 0 Å². The van der Waals surface area contributed by atoms with Crippen molar-refractivity contribution >= 4 is 6.34 Å². The van der Waals surface area contributed by atoms with Crippen LogP contribution in [0.1, 0.15) is 14.8 Å². The minimum Gasteiger partial charge on any atom is -1.00 e. The Hall–Kier alpha value is 0.0674. The molecule has 0 aromatic heterocycles. The molecule has 0 radical (unpaired) electrons. The molecule has 0 saturated carbocycles. The Balaban J connectivity index is 0. The molecule has 1 rings (SSSR count). The van der Waals surface area contributed by atoms with Gasteiger partial charge in [-0.1, -0.05) is 6.92 Å². The Morgan fingerprint density at radius 1 is 1.78 bits per heavy atom. The summed E-state index contributed by atoms with van der Waals surface area (Å²) in [4.78, 5) is 6.33. The molecule has 1 aliphatic rings. The Labute approximate surface area is 70.0 Å². The largest absolute Gasteiger partial charge is 1.00 e. The van der Waals surface area contributed by atoms with Crippen molar-refractivity contribution < 1.29 is 20.3 Å². The summed E-state index contributed by atoms with van der Waals surface area (Å²) in [5, 5.41) is 0. The molecule has 0 saturated heterocycles. The minimum absolute atomic E-state index is 0. The SMILES string of the molecule is CCCN1C=NCC1.[H-].[Li+]. The van der Waals surface area contributed by atoms with Crippen molar-refractivity contribution in [3.05, 3.63) is 0 Å². The van der Waals surface area contributed by atoms with E-state index in [1.807, 2.05) is 6.34 Å². The maximum atomic E-state index is 4.08. The fourth-order valence-corrected chi connectivity index (χ4v) is 0.874. The molecule has 2 nitrogen and oxygen atoms in total. The molecule has 0 amide bonds. The van der Waals surface area contributed by atoms with Gasteiger partial charge in [0.05, 0.1) is 12.9 Å². The Bertz CT molecular complexity index is 97.7. The molecule has 0 atom stereocenters. The van der Waals surface area contributed by atoms with E-state index in [1.165, 1.54) is 13.0 Å². The fourth-order valence-electron chi connectivity index (χ4n) is 0.874. The van der Waals surface area contributed by atoms with Crippen molar-refractivity contribution in [1.29, 1.82) is 0 Å². The predicted octanol–water partition coefficient (Wildman–Crippen LogP) is -2.14. The molecule has 0 aromatic rings. The zero-order valence-electron chi connectivity index (χ0n) is 7.30. The third-order valence-corrected chi connectivity index (χ3v) is 1.27. The second-order valence-electron chi connectivity index (χ2n) is 2.06. The number of hydrogen-bond donors (Lipinski definition) is 0. The van der Waals surface area contributed by atoms with Crippen molar-refractivity contribution in [1.82, 2.24) is 4.90 Å². The molecule has 0 aromatic carbocycles. The average molecular weight is 120 g/mol. The van der Waals surface area contributed by atoms with Crippen LogP contribution in [0.2, 0.25) is 0 Å². The van der Waals surface area contributed by atoms with Crippen LogP contribution in [-0.2, 0) is 0 Å². The topological polar surface area (TPSA) is 15.6 Å². The van der Waals surface area contributed by atoms with E-state index in [-0.39, 0.29) is 20.3 Å². The van der Waals surface area contributed by atoms with Gasteiger partial charge in [0.15, 0.2) is 0 Å². The first-order valence-electron chi connectivity index (χ1n) is 3.17. The van der Waals surface area contributed by atoms with Gasteiger partial charge in [0.2, 0.25) is 0 Å². The summed E-state index contributed by atoms with van der Waals surface area (Å²) < 4.78 is 0. The molecular formula is C6H13LiN2. The van der Waals surface area contributed by atoms with Gasteiger partial charge in [-0.2, -0.15) is 0 Å². The quantitative estimate of drug-likeness (QED) is 0.380. The van der Waals surface area contributed by atoms with Crippen LogP contribution in [0.5, 0.6) is 0 Å². The second kappa shape index (κ2) is 4.90. The Morgan fingerprint density at radius 2 is 2.56 bits per heavy atom. The van der Waals surface area contributed by atoms with Crippen LogP contribution in [0, 0.1) is 0 Å². The Morgan fingerprint density at radius 3 is 3.00 bits per heavy atom. The predicted molar refractivity (Wildman–Crippen MR) is 36.3 cm³/mol. The molecule has 0 aliphatic carbocycles. The molecule has 0 spiro atoms. The first-order valence-corrected chi connectivity index (χ1v) is 3.17. The zero-order valence-corrected chi connectivity index (χ0v) is 6.30. The molecule has 0 N–H and O–H groups in total. The molecule has 3 heteroatoms. The molecule has 0 bridgehead atoms. The summed E-state index contributed by atoms with van der Waals surface area (Å²) in [5.74, 6) is 0. The summed E-state index contributed by atoms with van der Waals surface area (Å²) in [7, 11) is 0. The van der Waals surface area contributed by atoms with Crippen molar-refractivity contribution in [3.8, 4) is 0 Å². The van der Waals surface area contributed by atoms with Crippen LogP contribution in [0.3, 0.4) is 0 Å². The van der Waals surface area contributed by atoms with Gasteiger partial charge in [0.1, 0.15) is 0 Å². The number of rotatable bonds is 2. The van der Waals surface area contributed by atoms with E-state index in [0.717, 1.165) is 13.1 Å². The normalized spacial score (nSPS) is 15.9. The molecule has 48 valence electrons. The first kappa shape index (κ1) is 9.07. The fraction of sp³-hybridized carbons (Fsp3) is 0.833. The van der Waals surface area contributed by atoms with Crippen LogP contribution < -0.4 is 18.9 Å². The van der Waals surface area contributed by atoms with Crippen molar-refractivity contribution in [3.63, 3.8) is 0 Å². The van der Waals surface area contributed by atoms with Gasteiger partial charge < -0.3 is 6.33 Å². The molecule has 0 unspecified atom stereocenters. The van der Waals surface area contributed by atoms with Gasteiger partial charge in [-0.15, -0.1) is 0 Å². The summed E-state index contributed by atoms with van der Waals surface area (Å²) in [6.45, 7) is 5.49. The summed E-state index contributed by atoms with van der Waals surface area (Å²) in [6, 6.07) is 0. The van der Waals surface area contributed by atoms with Gasteiger partial charge >= 0.3 is 18.9 Å². The van der Waals surface area contributed by atoms with Gasteiger partial charge in [-0.25, -0.2) is 0 Å². The summed E-state index contributed by atoms with van der Waals surface area (Å²) in [5.41, 5.74) is 0. The van der Waals surface area contributed by atoms with Crippen LogP contribution >= 0.6 is 0 Å². The van der Waals surface area contributed by atoms with E-state index in [2.05, 4.69) is 16.8 Å². The van der Waals surface area contributed by atoms with Crippen LogP contribution in [0.4, 0.5) is 0 Å². The molecular weight excluding hydrogens is 107 g/mol. The number of hydrogen-bond acceptors (Lipinski definition) is 2. The van der Waals surface area contributed by atoms with E-state index in [0.29, 0.717) is 0 Å². The third kappa shape index (κ3) is 2.93. The number of nitrogens with zero attached hydrogens (tertiary/aromatic N) is 2. The van der Waals surface area contributed by atoms with E-state index >= 15 is 0 Å². The standard InChI is InChI=1S/C6H12N2.Li.H/c1-2-4-8-5-3-7-6-8;;/h6H,2-5H2,1H3;;/q;+1;-1. The average Bonchev–Trinajstić information content (AvgIpc) is 2.19. The van der Waals surface area contributed by atoms with Crippen LogP contribution in [0.15, 0.2) is 4.99 Å². The monoisotopic (exact) mass is 120 g/mol. The molecule has 1 heterocycles. The maximum Gasteiger partial charge on any atom is 1.00 e. The second-order valence-corrected chi connectivity index (χ2v) is 2.06. The van der Waals surface area contributed by atoms with Gasteiger partial charge in [-0.3, -0.25) is 4.99 Å². The van der Waals surface area contributed by atoms with Crippen molar-refractivity contribution in [2.45, 2.75) is 13.3 Å². The Kier molecular flexibility index (Phi) is 4.94. The van der Waals surface area contributed by atoms with Gasteiger partial charge in [-0.05, 0) is 6.42 Å². The smallest absolute Gasteiger partial charge is 1.00 e. The van der Waals surface area contributed by atoms with E-state index in [1.54, 1.807) is 0 Å². The number of aliphatic imine (C=N–C) groups is 1. The van der Waals surface area contributed by atoms with Crippen molar-refractivity contribution in [2.24, 2.45) is 4.99 Å². The zero-order chi connectivity index (χ0) is 5.82. The van der Waals surface area contributed by atoms with Gasteiger partial charge in [0.25, 0.3) is 0 Å². The van der Waals surface area contributed by atoms with Gasteiger partial charge in [0, 0.05) is 13.1 Å². The molecule has 1 aliphatic heterocycles. The van der Waals surface area contributed by atoms with Crippen LogP contribution in [0.25, 0.3) is 0 Å². The first-order chi connectivity index (χ1) is 3.93.